The van der Waals surface area contributed by atoms with Crippen molar-refractivity contribution >= 4 is 11.8 Å². The quantitative estimate of drug-likeness (QED) is 0.805. The molecule has 1 saturated heterocycles. The zero-order chi connectivity index (χ0) is 16.4. The topological polar surface area (TPSA) is 55.8 Å². The first kappa shape index (κ1) is 15.1. The highest BCUT2D eigenvalue weighted by atomic mass is 16.6. The van der Waals surface area contributed by atoms with Crippen LogP contribution in [0.2, 0.25) is 0 Å². The number of imide groups is 1. The van der Waals surface area contributed by atoms with E-state index in [1.807, 2.05) is 6.92 Å². The number of carbonyl (C=O) groups is 2. The van der Waals surface area contributed by atoms with Crippen molar-refractivity contribution in [3.8, 4) is 0 Å². The Labute approximate surface area is 134 Å². The average molecular weight is 311 g/mol. The highest BCUT2D eigenvalue weighted by Gasteiger charge is 2.38. The van der Waals surface area contributed by atoms with Crippen LogP contribution < -0.4 is 0 Å². The summed E-state index contributed by atoms with van der Waals surface area (Å²) in [6.07, 6.45) is 4.69. The summed E-state index contributed by atoms with van der Waals surface area (Å²) in [7, 11) is 0. The van der Waals surface area contributed by atoms with Gasteiger partial charge in [0.25, 0.3) is 11.8 Å². The van der Waals surface area contributed by atoms with Gasteiger partial charge < -0.3 is 9.47 Å². The zero-order valence-electron chi connectivity index (χ0n) is 12.8. The van der Waals surface area contributed by atoms with Crippen molar-refractivity contribution in [1.29, 1.82) is 0 Å². The first-order chi connectivity index (χ1) is 11.2. The van der Waals surface area contributed by atoms with Gasteiger partial charge in [-0.25, -0.2) is 0 Å². The van der Waals surface area contributed by atoms with Crippen LogP contribution in [0.1, 0.15) is 27.6 Å². The summed E-state index contributed by atoms with van der Waals surface area (Å²) < 4.78 is 11.5. The maximum atomic E-state index is 12.4. The van der Waals surface area contributed by atoms with E-state index in [9.17, 15) is 9.59 Å². The molecule has 3 rings (SSSR count). The summed E-state index contributed by atoms with van der Waals surface area (Å²) in [6, 6.07) is 6.82. The molecular weight excluding hydrogens is 294 g/mol. The van der Waals surface area contributed by atoms with E-state index in [1.165, 1.54) is 4.90 Å². The van der Waals surface area contributed by atoms with E-state index in [4.69, 9.17) is 9.47 Å². The van der Waals surface area contributed by atoms with Gasteiger partial charge in [0.15, 0.2) is 17.6 Å². The van der Waals surface area contributed by atoms with Crippen molar-refractivity contribution in [2.75, 3.05) is 13.2 Å². The highest BCUT2D eigenvalue weighted by molar-refractivity contribution is 6.21. The van der Waals surface area contributed by atoms with Crippen LogP contribution in [-0.4, -0.2) is 36.0 Å². The maximum absolute atomic E-state index is 12.4. The van der Waals surface area contributed by atoms with Crippen molar-refractivity contribution in [3.63, 3.8) is 0 Å². The van der Waals surface area contributed by atoms with Gasteiger partial charge in [-0.05, 0) is 31.2 Å². The number of carbonyl (C=O) groups excluding carboxylic acids is 2. The Morgan fingerprint density at radius 1 is 1.22 bits per heavy atom. The van der Waals surface area contributed by atoms with Crippen molar-refractivity contribution in [1.82, 2.24) is 4.90 Å². The Kier molecular flexibility index (Phi) is 4.02. The zero-order valence-corrected chi connectivity index (χ0v) is 12.8. The number of ether oxygens (including phenoxy) is 2. The van der Waals surface area contributed by atoms with Crippen molar-refractivity contribution < 1.29 is 19.1 Å². The van der Waals surface area contributed by atoms with E-state index < -0.39 is 6.10 Å². The van der Waals surface area contributed by atoms with Crippen LogP contribution in [0.3, 0.4) is 0 Å². The molecule has 1 aromatic carbocycles. The van der Waals surface area contributed by atoms with Crippen molar-refractivity contribution in [2.45, 2.75) is 13.0 Å². The Morgan fingerprint density at radius 2 is 1.87 bits per heavy atom. The minimum atomic E-state index is -0.410. The van der Waals surface area contributed by atoms with Crippen LogP contribution in [0.25, 0.3) is 0 Å². The molecule has 23 heavy (non-hydrogen) atoms. The Hall–Kier alpha value is -2.82. The predicted octanol–water partition coefficient (Wildman–Crippen LogP) is 2.67. The standard InChI is InChI=1S/C18H17NO4/c1-3-7-16-15(4-2)22-11-12(23-16)10-19-17(20)13-8-5-6-9-14(13)18(19)21/h3-9,12H,1,10-11H2,2H3/b15-4+,16-7+. The lowest BCUT2D eigenvalue weighted by atomic mass is 10.1. The summed E-state index contributed by atoms with van der Waals surface area (Å²) >= 11 is 0. The number of amides is 2. The Morgan fingerprint density at radius 3 is 2.43 bits per heavy atom. The molecular formula is C18H17NO4. The predicted molar refractivity (Wildman–Crippen MR) is 84.7 cm³/mol. The molecule has 5 heteroatoms. The highest BCUT2D eigenvalue weighted by Crippen LogP contribution is 2.26. The molecule has 0 aromatic heterocycles. The van der Waals surface area contributed by atoms with Crippen LogP contribution in [0.15, 0.2) is 60.6 Å². The lowest BCUT2D eigenvalue weighted by Gasteiger charge is -2.30. The number of hydrogen-bond donors (Lipinski definition) is 0. The summed E-state index contributed by atoms with van der Waals surface area (Å²) in [6.45, 7) is 5.92. The van der Waals surface area contributed by atoms with E-state index in [1.54, 1.807) is 42.5 Å². The molecule has 5 nitrogen and oxygen atoms in total. The Balaban J connectivity index is 1.76. The van der Waals surface area contributed by atoms with Gasteiger partial charge in [0.2, 0.25) is 0 Å². The van der Waals surface area contributed by atoms with Crippen LogP contribution in [0.4, 0.5) is 0 Å². The number of allylic oxidation sites excluding steroid dienone is 3. The molecule has 2 aliphatic rings. The van der Waals surface area contributed by atoms with Crippen LogP contribution in [0.5, 0.6) is 0 Å². The minimum absolute atomic E-state index is 0.151. The molecule has 2 heterocycles. The third kappa shape index (κ3) is 2.65. The van der Waals surface area contributed by atoms with E-state index in [0.29, 0.717) is 22.6 Å². The molecule has 0 saturated carbocycles. The van der Waals surface area contributed by atoms with E-state index >= 15 is 0 Å². The fourth-order valence-corrected chi connectivity index (χ4v) is 2.68. The molecule has 1 aromatic rings. The second-order valence-corrected chi connectivity index (χ2v) is 5.24. The monoisotopic (exact) mass is 311 g/mol. The molecule has 2 amide bonds. The van der Waals surface area contributed by atoms with Crippen molar-refractivity contribution in [2.24, 2.45) is 0 Å². The summed E-state index contributed by atoms with van der Waals surface area (Å²) in [4.78, 5) is 26.0. The summed E-state index contributed by atoms with van der Waals surface area (Å²) in [5.74, 6) is 0.597. The van der Waals surface area contributed by atoms with E-state index in [2.05, 4.69) is 6.58 Å². The molecule has 1 fully saturated rings. The van der Waals surface area contributed by atoms with Gasteiger partial charge in [-0.2, -0.15) is 0 Å². The number of fused-ring (bicyclic) bond motifs is 1. The first-order valence-electron chi connectivity index (χ1n) is 7.39. The van der Waals surface area contributed by atoms with Gasteiger partial charge in [0, 0.05) is 0 Å². The summed E-state index contributed by atoms with van der Waals surface area (Å²) in [5, 5.41) is 0. The smallest absolute Gasteiger partial charge is 0.261 e. The van der Waals surface area contributed by atoms with Gasteiger partial charge in [-0.15, -0.1) is 0 Å². The average Bonchev–Trinajstić information content (AvgIpc) is 2.81. The fraction of sp³-hybridized carbons (Fsp3) is 0.222. The molecule has 1 atom stereocenters. The lowest BCUT2D eigenvalue weighted by Crippen LogP contribution is -2.41. The molecule has 118 valence electrons. The number of rotatable bonds is 3. The van der Waals surface area contributed by atoms with Gasteiger partial charge in [0.05, 0.1) is 17.7 Å². The Bertz CT molecular complexity index is 697. The largest absolute Gasteiger partial charge is 0.486 e. The lowest BCUT2D eigenvalue weighted by molar-refractivity contribution is -0.0186. The van der Waals surface area contributed by atoms with Crippen LogP contribution in [0, 0.1) is 0 Å². The van der Waals surface area contributed by atoms with Gasteiger partial charge in [-0.1, -0.05) is 24.8 Å². The molecule has 1 unspecified atom stereocenters. The van der Waals surface area contributed by atoms with Gasteiger partial charge in [-0.3, -0.25) is 14.5 Å². The summed E-state index contributed by atoms with van der Waals surface area (Å²) in [5.41, 5.74) is 0.871. The third-order valence-corrected chi connectivity index (χ3v) is 3.76. The van der Waals surface area contributed by atoms with Crippen LogP contribution >= 0.6 is 0 Å². The number of nitrogens with zero attached hydrogens (tertiary/aromatic N) is 1. The van der Waals surface area contributed by atoms with Gasteiger partial charge >= 0.3 is 0 Å². The maximum Gasteiger partial charge on any atom is 0.261 e. The van der Waals surface area contributed by atoms with Gasteiger partial charge in [0.1, 0.15) is 6.61 Å². The van der Waals surface area contributed by atoms with Crippen molar-refractivity contribution in [3.05, 3.63) is 71.7 Å². The molecule has 0 spiro atoms. The molecule has 0 N–H and O–H groups in total. The first-order valence-corrected chi connectivity index (χ1v) is 7.39. The second kappa shape index (κ2) is 6.12. The third-order valence-electron chi connectivity index (χ3n) is 3.76. The SMILES string of the molecule is C=C/C=C1/OC(CN2C(=O)c3ccccc3C2=O)CO/C1=C/C. The molecule has 2 aliphatic heterocycles. The second-order valence-electron chi connectivity index (χ2n) is 5.24. The molecule has 0 aliphatic carbocycles. The fourth-order valence-electron chi connectivity index (χ4n) is 2.68. The van der Waals surface area contributed by atoms with E-state index in [0.717, 1.165) is 0 Å². The van der Waals surface area contributed by atoms with E-state index in [-0.39, 0.29) is 25.0 Å². The minimum Gasteiger partial charge on any atom is -0.486 e. The normalized spacial score (nSPS) is 23.7. The molecule has 0 radical (unpaired) electrons. The number of benzene rings is 1. The molecule has 0 bridgehead atoms. The van der Waals surface area contributed by atoms with Crippen LogP contribution in [-0.2, 0) is 9.47 Å². The number of hydrogen-bond acceptors (Lipinski definition) is 4.